The van der Waals surface area contributed by atoms with E-state index >= 15 is 0 Å². The molecule has 2 N–H and O–H groups in total. The number of nitrogens with zero attached hydrogens (tertiary/aromatic N) is 1. The second-order valence-electron chi connectivity index (χ2n) is 6.45. The molecule has 160 valence electrons. The van der Waals surface area contributed by atoms with Crippen LogP contribution in [0, 0.1) is 5.82 Å². The van der Waals surface area contributed by atoms with E-state index in [1.165, 1.54) is 19.2 Å². The number of hydrogen-bond acceptors (Lipinski definition) is 7. The first-order chi connectivity index (χ1) is 13.8. The number of hydrogen-bond donors (Lipinski definition) is 2. The van der Waals surface area contributed by atoms with Crippen molar-refractivity contribution in [3.8, 4) is 17.1 Å². The molecule has 0 atom stereocenters. The van der Waals surface area contributed by atoms with E-state index in [1.54, 1.807) is 0 Å². The van der Waals surface area contributed by atoms with Crippen molar-refractivity contribution in [1.82, 2.24) is 5.32 Å². The van der Waals surface area contributed by atoms with Gasteiger partial charge >= 0.3 is 0 Å². The summed E-state index contributed by atoms with van der Waals surface area (Å²) in [5, 5.41) is 12.9. The van der Waals surface area contributed by atoms with Gasteiger partial charge in [0.05, 0.1) is 18.1 Å². The molecule has 0 spiro atoms. The molecule has 0 radical (unpaired) electrons. The van der Waals surface area contributed by atoms with Crippen LogP contribution in [0.5, 0.6) is 5.75 Å². The second-order valence-corrected chi connectivity index (χ2v) is 10.3. The van der Waals surface area contributed by atoms with Crippen LogP contribution >= 0.6 is 0 Å². The van der Waals surface area contributed by atoms with Gasteiger partial charge in [-0.05, 0) is 30.3 Å². The molecule has 2 aromatic carbocycles. The number of nitrogens with one attached hydrogen (secondary N) is 1. The van der Waals surface area contributed by atoms with Crippen molar-refractivity contribution in [2.45, 2.75) is 0 Å². The summed E-state index contributed by atoms with van der Waals surface area (Å²) in [5.74, 6) is -1.75. The summed E-state index contributed by atoms with van der Waals surface area (Å²) >= 11 is 0. The summed E-state index contributed by atoms with van der Waals surface area (Å²) in [6, 6.07) is 7.11. The van der Waals surface area contributed by atoms with Gasteiger partial charge in [0.25, 0.3) is 5.91 Å². The summed E-state index contributed by atoms with van der Waals surface area (Å²) in [6.07, 6.45) is 1.33. The number of furan rings is 1. The van der Waals surface area contributed by atoms with Gasteiger partial charge < -0.3 is 14.8 Å². The molecule has 0 unspecified atom stereocenters. The SMILES string of the molecule is CNC(=O)c1c(-c2ccc(F)cc2)oc2cc(N(S(C)(=O)=O)S(C)(=O)=O)c(O)cc12. The van der Waals surface area contributed by atoms with Gasteiger partial charge in [-0.2, -0.15) is 3.71 Å². The Kier molecular flexibility index (Phi) is 5.24. The van der Waals surface area contributed by atoms with Gasteiger partial charge in [0, 0.05) is 24.1 Å². The number of phenols is 1. The van der Waals surface area contributed by atoms with Crippen molar-refractivity contribution in [2.75, 3.05) is 23.3 Å². The highest BCUT2D eigenvalue weighted by Gasteiger charge is 2.32. The van der Waals surface area contributed by atoms with Crippen LogP contribution in [0.3, 0.4) is 0 Å². The van der Waals surface area contributed by atoms with Gasteiger partial charge in [0.15, 0.2) is 0 Å². The van der Waals surface area contributed by atoms with Gasteiger partial charge in [0.1, 0.15) is 28.6 Å². The summed E-state index contributed by atoms with van der Waals surface area (Å²) in [4.78, 5) is 12.5. The smallest absolute Gasteiger partial charge is 0.255 e. The van der Waals surface area contributed by atoms with Crippen LogP contribution < -0.4 is 9.03 Å². The van der Waals surface area contributed by atoms with Crippen LogP contribution in [-0.4, -0.2) is 47.4 Å². The summed E-state index contributed by atoms with van der Waals surface area (Å²) in [5.41, 5.74) is -0.269. The molecule has 0 saturated carbocycles. The van der Waals surface area contributed by atoms with Crippen molar-refractivity contribution < 1.29 is 35.5 Å². The monoisotopic (exact) mass is 456 g/mol. The number of benzene rings is 2. The van der Waals surface area contributed by atoms with Crippen molar-refractivity contribution >= 4 is 42.6 Å². The fraction of sp³-hybridized carbons (Fsp3) is 0.167. The molecule has 0 aliphatic carbocycles. The van der Waals surface area contributed by atoms with Crippen molar-refractivity contribution in [3.63, 3.8) is 0 Å². The van der Waals surface area contributed by atoms with Crippen LogP contribution in [0.25, 0.3) is 22.3 Å². The maximum atomic E-state index is 13.3. The normalized spacial score (nSPS) is 12.1. The van der Waals surface area contributed by atoms with E-state index in [0.717, 1.165) is 24.3 Å². The quantitative estimate of drug-likeness (QED) is 0.600. The van der Waals surface area contributed by atoms with Crippen LogP contribution in [0.2, 0.25) is 0 Å². The number of amides is 1. The number of anilines is 1. The Labute approximate surface area is 171 Å². The van der Waals surface area contributed by atoms with Gasteiger partial charge in [-0.25, -0.2) is 21.2 Å². The zero-order chi connectivity index (χ0) is 22.4. The predicted molar refractivity (Wildman–Crippen MR) is 109 cm³/mol. The van der Waals surface area contributed by atoms with E-state index < -0.39 is 43.2 Å². The van der Waals surface area contributed by atoms with E-state index in [2.05, 4.69) is 5.32 Å². The molecular formula is C18H17FN2O7S2. The number of carbonyl (C=O) groups excluding carboxylic acids is 1. The van der Waals surface area contributed by atoms with Crippen LogP contribution in [-0.2, 0) is 20.0 Å². The van der Waals surface area contributed by atoms with E-state index in [9.17, 15) is 31.1 Å². The Bertz CT molecular complexity index is 1330. The first kappa shape index (κ1) is 21.6. The third-order valence-corrected chi connectivity index (χ3v) is 7.37. The lowest BCUT2D eigenvalue weighted by Gasteiger charge is -2.20. The first-order valence-electron chi connectivity index (χ1n) is 8.32. The Balaban J connectivity index is 2.37. The number of fused-ring (bicyclic) bond motifs is 1. The minimum Gasteiger partial charge on any atom is -0.506 e. The number of rotatable bonds is 5. The standard InChI is InChI=1S/C18H17FN2O7S2/c1-20-18(23)16-12-8-14(22)13(21(29(2,24)25)30(3,26)27)9-15(12)28-17(16)10-4-6-11(19)7-5-10/h4-9,22H,1-3H3,(H,20,23). The third-order valence-electron chi connectivity index (χ3n) is 4.14. The fourth-order valence-corrected chi connectivity index (χ4v) is 6.00. The largest absolute Gasteiger partial charge is 0.506 e. The minimum absolute atomic E-state index is 0.00576. The topological polar surface area (TPSA) is 134 Å². The highest BCUT2D eigenvalue weighted by molar-refractivity contribution is 8.09. The molecule has 0 aliphatic heterocycles. The summed E-state index contributed by atoms with van der Waals surface area (Å²) < 4.78 is 67.3. The van der Waals surface area contributed by atoms with E-state index in [-0.39, 0.29) is 26.0 Å². The highest BCUT2D eigenvalue weighted by atomic mass is 32.3. The van der Waals surface area contributed by atoms with Crippen molar-refractivity contribution in [2.24, 2.45) is 0 Å². The van der Waals surface area contributed by atoms with Crippen LogP contribution in [0.4, 0.5) is 10.1 Å². The number of sulfonamides is 2. The maximum Gasteiger partial charge on any atom is 0.255 e. The Morgan fingerprint density at radius 2 is 1.63 bits per heavy atom. The Morgan fingerprint density at radius 3 is 2.13 bits per heavy atom. The lowest BCUT2D eigenvalue weighted by Crippen LogP contribution is -2.35. The van der Waals surface area contributed by atoms with Gasteiger partial charge in [-0.3, -0.25) is 4.79 Å². The van der Waals surface area contributed by atoms with E-state index in [4.69, 9.17) is 4.42 Å². The van der Waals surface area contributed by atoms with Gasteiger partial charge in [0.2, 0.25) is 20.0 Å². The zero-order valence-corrected chi connectivity index (χ0v) is 17.6. The molecular weight excluding hydrogens is 439 g/mol. The van der Waals surface area contributed by atoms with Crippen LogP contribution in [0.15, 0.2) is 40.8 Å². The summed E-state index contributed by atoms with van der Waals surface area (Å²) in [7, 11) is -7.28. The van der Waals surface area contributed by atoms with Crippen molar-refractivity contribution in [3.05, 3.63) is 47.8 Å². The average Bonchev–Trinajstić information content (AvgIpc) is 2.97. The lowest BCUT2D eigenvalue weighted by atomic mass is 10.0. The molecule has 30 heavy (non-hydrogen) atoms. The predicted octanol–water partition coefficient (Wildman–Crippen LogP) is 2.03. The molecule has 12 heteroatoms. The van der Waals surface area contributed by atoms with Gasteiger partial charge in [-0.15, -0.1) is 0 Å². The van der Waals surface area contributed by atoms with Crippen molar-refractivity contribution in [1.29, 1.82) is 0 Å². The molecule has 0 saturated heterocycles. The highest BCUT2D eigenvalue weighted by Crippen LogP contribution is 2.41. The second kappa shape index (κ2) is 7.29. The molecule has 3 aromatic rings. The molecule has 3 rings (SSSR count). The molecule has 1 amide bonds. The fourth-order valence-electron chi connectivity index (χ4n) is 3.03. The maximum absolute atomic E-state index is 13.3. The average molecular weight is 456 g/mol. The zero-order valence-electron chi connectivity index (χ0n) is 16.0. The molecule has 0 bridgehead atoms. The summed E-state index contributed by atoms with van der Waals surface area (Å²) in [6.45, 7) is 0. The number of aromatic hydroxyl groups is 1. The van der Waals surface area contributed by atoms with E-state index in [1.807, 2.05) is 0 Å². The molecule has 9 nitrogen and oxygen atoms in total. The third kappa shape index (κ3) is 3.83. The molecule has 0 fully saturated rings. The first-order valence-corrected chi connectivity index (χ1v) is 12.0. The van der Waals surface area contributed by atoms with Crippen LogP contribution in [0.1, 0.15) is 10.4 Å². The van der Waals surface area contributed by atoms with Gasteiger partial charge in [-0.1, -0.05) is 0 Å². The number of halogens is 1. The minimum atomic E-state index is -4.33. The Hall–Kier alpha value is -3.12. The Morgan fingerprint density at radius 1 is 1.07 bits per heavy atom. The molecule has 0 aliphatic rings. The molecule has 1 aromatic heterocycles. The number of phenolic OH excluding ortho intramolecular Hbond substituents is 1. The van der Waals surface area contributed by atoms with E-state index in [0.29, 0.717) is 18.1 Å². The lowest BCUT2D eigenvalue weighted by molar-refractivity contribution is 0.0964. The molecule has 1 heterocycles. The number of carbonyl (C=O) groups is 1.